The molecule has 26 heavy (non-hydrogen) atoms. The van der Waals surface area contributed by atoms with Crippen LogP contribution in [-0.4, -0.2) is 35.3 Å². The van der Waals surface area contributed by atoms with Crippen molar-refractivity contribution >= 4 is 40.6 Å². The molecule has 1 aromatic carbocycles. The van der Waals surface area contributed by atoms with E-state index in [2.05, 4.69) is 5.92 Å². The fourth-order valence-electron chi connectivity index (χ4n) is 2.21. The van der Waals surface area contributed by atoms with Crippen molar-refractivity contribution in [3.63, 3.8) is 0 Å². The number of ether oxygens (including phenoxy) is 2. The minimum Gasteiger partial charge on any atom is -0.490 e. The van der Waals surface area contributed by atoms with Gasteiger partial charge in [0.05, 0.1) is 29.2 Å². The average Bonchev–Trinajstić information content (AvgIpc) is 2.86. The number of hydrogen-bond donors (Lipinski definition) is 0. The van der Waals surface area contributed by atoms with Crippen molar-refractivity contribution in [1.82, 2.24) is 4.90 Å². The number of terminal acetylenes is 1. The van der Waals surface area contributed by atoms with Gasteiger partial charge in [-0.1, -0.05) is 24.4 Å². The Labute approximate surface area is 162 Å². The molecule has 1 heterocycles. The molecule has 138 valence electrons. The lowest BCUT2D eigenvalue weighted by atomic mass is 10.1. The van der Waals surface area contributed by atoms with Crippen LogP contribution in [0.5, 0.6) is 11.5 Å². The maximum atomic E-state index is 12.3. The molecule has 2 amide bonds. The molecule has 0 bridgehead atoms. The quantitative estimate of drug-likeness (QED) is 0.501. The van der Waals surface area contributed by atoms with Crippen molar-refractivity contribution in [3.8, 4) is 23.8 Å². The van der Waals surface area contributed by atoms with Gasteiger partial charge in [-0.3, -0.25) is 14.5 Å². The molecule has 0 aliphatic carbocycles. The summed E-state index contributed by atoms with van der Waals surface area (Å²) in [6.07, 6.45) is 7.61. The summed E-state index contributed by atoms with van der Waals surface area (Å²) in [5.41, 5.74) is 0.640. The van der Waals surface area contributed by atoms with E-state index in [9.17, 15) is 9.59 Å². The van der Waals surface area contributed by atoms with E-state index in [0.717, 1.165) is 23.1 Å². The lowest BCUT2D eigenvalue weighted by molar-refractivity contribution is -0.122. The molecule has 1 aliphatic heterocycles. The van der Waals surface area contributed by atoms with Gasteiger partial charge in [-0.2, -0.15) is 0 Å². The summed E-state index contributed by atoms with van der Waals surface area (Å²) in [7, 11) is 0. The Balaban J connectivity index is 2.37. The average molecular weight is 394 g/mol. The van der Waals surface area contributed by atoms with Gasteiger partial charge in [0, 0.05) is 0 Å². The first kappa shape index (κ1) is 20.2. The van der Waals surface area contributed by atoms with Crippen molar-refractivity contribution in [2.75, 3.05) is 13.2 Å². The van der Waals surface area contributed by atoms with Crippen LogP contribution in [0.3, 0.4) is 0 Å². The van der Waals surface area contributed by atoms with E-state index in [1.54, 1.807) is 18.2 Å². The molecule has 0 spiro atoms. The predicted octanol–water partition coefficient (Wildman–Crippen LogP) is 4.59. The molecule has 1 aliphatic rings. The molecular formula is C19H20ClNO4S. The van der Waals surface area contributed by atoms with Crippen molar-refractivity contribution in [2.45, 2.75) is 33.3 Å². The third-order valence-corrected chi connectivity index (χ3v) is 4.83. The van der Waals surface area contributed by atoms with Gasteiger partial charge < -0.3 is 9.47 Å². The van der Waals surface area contributed by atoms with Crippen LogP contribution in [0.15, 0.2) is 17.0 Å². The molecule has 7 heteroatoms. The number of benzene rings is 1. The lowest BCUT2D eigenvalue weighted by Crippen LogP contribution is -2.28. The van der Waals surface area contributed by atoms with Gasteiger partial charge in [0.15, 0.2) is 11.5 Å². The SMILES string of the molecule is C#CCN1C(=O)S/C(=C/c2cc(Cl)c(O[C@@H](C)CC)c(OCC)c2)C1=O. The smallest absolute Gasteiger partial charge is 0.294 e. The molecule has 0 aromatic heterocycles. The number of carbonyl (C=O) groups is 2. The molecule has 0 saturated carbocycles. The van der Waals surface area contributed by atoms with Crippen LogP contribution in [0.4, 0.5) is 4.79 Å². The topological polar surface area (TPSA) is 55.8 Å². The van der Waals surface area contributed by atoms with E-state index in [0.29, 0.717) is 33.6 Å². The summed E-state index contributed by atoms with van der Waals surface area (Å²) in [6, 6.07) is 3.42. The summed E-state index contributed by atoms with van der Waals surface area (Å²) in [4.78, 5) is 25.5. The second-order valence-electron chi connectivity index (χ2n) is 5.57. The molecular weight excluding hydrogens is 374 g/mol. The van der Waals surface area contributed by atoms with E-state index in [1.165, 1.54) is 0 Å². The van der Waals surface area contributed by atoms with Gasteiger partial charge in [-0.15, -0.1) is 6.42 Å². The van der Waals surface area contributed by atoms with Crippen LogP contribution in [-0.2, 0) is 4.79 Å². The summed E-state index contributed by atoms with van der Waals surface area (Å²) < 4.78 is 11.5. The molecule has 1 atom stereocenters. The molecule has 2 rings (SSSR count). The standard InChI is InChI=1S/C19H20ClNO4S/c1-5-8-21-18(22)16(26-19(21)23)11-13-9-14(20)17(25-12(4)6-2)15(10-13)24-7-3/h1,9-12H,6-8H2,2-4H3/b16-11+/t12-/m0/s1. The molecule has 5 nitrogen and oxygen atoms in total. The Morgan fingerprint density at radius 1 is 1.38 bits per heavy atom. The molecule has 1 aromatic rings. The predicted molar refractivity (Wildman–Crippen MR) is 105 cm³/mol. The maximum Gasteiger partial charge on any atom is 0.294 e. The fraction of sp³-hybridized carbons (Fsp3) is 0.368. The Morgan fingerprint density at radius 3 is 2.73 bits per heavy atom. The highest BCUT2D eigenvalue weighted by atomic mass is 35.5. The van der Waals surface area contributed by atoms with Crippen molar-refractivity contribution in [3.05, 3.63) is 27.6 Å². The number of rotatable bonds is 7. The molecule has 1 fully saturated rings. The van der Waals surface area contributed by atoms with E-state index >= 15 is 0 Å². The van der Waals surface area contributed by atoms with Gasteiger partial charge >= 0.3 is 0 Å². The Kier molecular flexibility index (Phi) is 7.01. The Hall–Kier alpha value is -2.10. The van der Waals surface area contributed by atoms with Gasteiger partial charge in [0.1, 0.15) is 0 Å². The largest absolute Gasteiger partial charge is 0.490 e. The van der Waals surface area contributed by atoms with E-state index in [-0.39, 0.29) is 17.9 Å². The van der Waals surface area contributed by atoms with Crippen LogP contribution >= 0.6 is 23.4 Å². The van der Waals surface area contributed by atoms with E-state index in [1.807, 2.05) is 20.8 Å². The molecule has 0 radical (unpaired) electrons. The first-order valence-electron chi connectivity index (χ1n) is 8.23. The fourth-order valence-corrected chi connectivity index (χ4v) is 3.31. The Morgan fingerprint density at radius 2 is 2.12 bits per heavy atom. The number of amides is 2. The summed E-state index contributed by atoms with van der Waals surface area (Å²) in [5, 5.41) is -0.00240. The second kappa shape index (κ2) is 9.02. The maximum absolute atomic E-state index is 12.3. The summed E-state index contributed by atoms with van der Waals surface area (Å²) in [6.45, 7) is 6.21. The Bertz CT molecular complexity index is 784. The zero-order valence-electron chi connectivity index (χ0n) is 14.9. The van der Waals surface area contributed by atoms with E-state index < -0.39 is 5.91 Å². The van der Waals surface area contributed by atoms with Crippen LogP contribution in [0.1, 0.15) is 32.8 Å². The van der Waals surface area contributed by atoms with Gasteiger partial charge in [-0.05, 0) is 55.8 Å². The molecule has 1 saturated heterocycles. The zero-order chi connectivity index (χ0) is 19.3. The van der Waals surface area contributed by atoms with Gasteiger partial charge in [-0.25, -0.2) is 0 Å². The number of carbonyl (C=O) groups excluding carboxylic acids is 2. The van der Waals surface area contributed by atoms with E-state index in [4.69, 9.17) is 27.5 Å². The van der Waals surface area contributed by atoms with Crippen LogP contribution in [0, 0.1) is 12.3 Å². The number of nitrogens with zero attached hydrogens (tertiary/aromatic N) is 1. The number of imide groups is 1. The highest BCUT2D eigenvalue weighted by Gasteiger charge is 2.34. The number of halogens is 1. The third kappa shape index (κ3) is 4.54. The first-order chi connectivity index (χ1) is 12.4. The third-order valence-electron chi connectivity index (χ3n) is 3.65. The second-order valence-corrected chi connectivity index (χ2v) is 6.97. The minimum absolute atomic E-state index is 0.0159. The van der Waals surface area contributed by atoms with Crippen molar-refractivity contribution in [1.29, 1.82) is 0 Å². The van der Waals surface area contributed by atoms with Gasteiger partial charge in [0.2, 0.25) is 0 Å². The summed E-state index contributed by atoms with van der Waals surface area (Å²) >= 11 is 7.22. The van der Waals surface area contributed by atoms with Crippen LogP contribution in [0.2, 0.25) is 5.02 Å². The van der Waals surface area contributed by atoms with Crippen LogP contribution in [0.25, 0.3) is 6.08 Å². The van der Waals surface area contributed by atoms with Crippen LogP contribution < -0.4 is 9.47 Å². The zero-order valence-corrected chi connectivity index (χ0v) is 16.4. The summed E-state index contributed by atoms with van der Waals surface area (Å²) in [5.74, 6) is 2.86. The number of hydrogen-bond acceptors (Lipinski definition) is 5. The van der Waals surface area contributed by atoms with Crippen molar-refractivity contribution in [2.24, 2.45) is 0 Å². The minimum atomic E-state index is -0.410. The monoisotopic (exact) mass is 393 g/mol. The highest BCUT2D eigenvalue weighted by molar-refractivity contribution is 8.18. The van der Waals surface area contributed by atoms with Gasteiger partial charge in [0.25, 0.3) is 11.1 Å². The highest BCUT2D eigenvalue weighted by Crippen LogP contribution is 2.39. The van der Waals surface area contributed by atoms with Crippen molar-refractivity contribution < 1.29 is 19.1 Å². The normalized spacial score (nSPS) is 16.7. The number of thioether (sulfide) groups is 1. The molecule has 0 unspecified atom stereocenters. The lowest BCUT2D eigenvalue weighted by Gasteiger charge is -2.18. The first-order valence-corrected chi connectivity index (χ1v) is 9.42. The molecule has 0 N–H and O–H groups in total.